The smallest absolute Gasteiger partial charge is 0.207 e. The van der Waals surface area contributed by atoms with Crippen molar-refractivity contribution in [2.75, 3.05) is 14.1 Å². The first-order valence-corrected chi connectivity index (χ1v) is 7.57. The van der Waals surface area contributed by atoms with Crippen molar-refractivity contribution >= 4 is 20.2 Å². The highest BCUT2D eigenvalue weighted by molar-refractivity contribution is 7.91. The van der Waals surface area contributed by atoms with Gasteiger partial charge in [-0.05, 0) is 24.3 Å². The predicted octanol–water partition coefficient (Wildman–Crippen LogP) is -0.585. The molecule has 1 rings (SSSR count). The Morgan fingerprint density at radius 3 is 2.06 bits per heavy atom. The van der Waals surface area contributed by atoms with Crippen LogP contribution < -0.4 is 9.55 Å². The lowest BCUT2D eigenvalue weighted by Gasteiger charge is -2.17. The van der Waals surface area contributed by atoms with E-state index in [0.29, 0.717) is 4.41 Å². The van der Waals surface area contributed by atoms with E-state index in [4.69, 9.17) is 0 Å². The first kappa shape index (κ1) is 15.0. The summed E-state index contributed by atoms with van der Waals surface area (Å²) in [6.45, 7) is 0. The number of hydrogen-bond donors (Lipinski definition) is 2. The highest BCUT2D eigenvalue weighted by Gasteiger charge is 2.24. The molecule has 0 aliphatic heterocycles. The van der Waals surface area contributed by atoms with Crippen LogP contribution in [0.5, 0.6) is 0 Å². The van der Waals surface area contributed by atoms with Crippen molar-refractivity contribution in [3.8, 4) is 0 Å². The van der Waals surface area contributed by atoms with E-state index >= 15 is 0 Å². The molecule has 1 aromatic rings. The first-order chi connectivity index (χ1) is 8.19. The maximum atomic E-state index is 12.7. The molecule has 0 aliphatic carbocycles. The van der Waals surface area contributed by atoms with E-state index in [1.54, 1.807) is 4.83 Å². The summed E-state index contributed by atoms with van der Waals surface area (Å²) in [4.78, 5) is 1.54. The van der Waals surface area contributed by atoms with Crippen molar-refractivity contribution in [1.82, 2.24) is 14.0 Å². The standard InChI is InChI=1S/C8H12FN3O4S2/c1-10-18(15,16)11-12(2)17(13,14)8-5-3-7(9)4-6-8/h3-6,10-11H,1-2H3. The van der Waals surface area contributed by atoms with Crippen molar-refractivity contribution in [2.24, 2.45) is 0 Å². The largest absolute Gasteiger partial charge is 0.290 e. The summed E-state index contributed by atoms with van der Waals surface area (Å²) in [6, 6.07) is 4.00. The molecule has 0 saturated carbocycles. The summed E-state index contributed by atoms with van der Waals surface area (Å²) in [5, 5.41) is 0. The summed E-state index contributed by atoms with van der Waals surface area (Å²) >= 11 is 0. The van der Waals surface area contributed by atoms with Gasteiger partial charge in [0.2, 0.25) is 0 Å². The van der Waals surface area contributed by atoms with Gasteiger partial charge in [-0.1, -0.05) is 0 Å². The third-order valence-corrected chi connectivity index (χ3v) is 4.84. The van der Waals surface area contributed by atoms with Crippen LogP contribution in [-0.4, -0.2) is 35.3 Å². The van der Waals surface area contributed by atoms with Gasteiger partial charge in [-0.2, -0.15) is 8.42 Å². The Morgan fingerprint density at radius 1 is 1.11 bits per heavy atom. The van der Waals surface area contributed by atoms with Crippen molar-refractivity contribution < 1.29 is 21.2 Å². The van der Waals surface area contributed by atoms with E-state index in [2.05, 4.69) is 0 Å². The molecular formula is C8H12FN3O4S2. The minimum absolute atomic E-state index is 0.231. The molecule has 7 nitrogen and oxygen atoms in total. The molecule has 1 aromatic carbocycles. The third kappa shape index (κ3) is 3.46. The molecule has 18 heavy (non-hydrogen) atoms. The molecule has 0 radical (unpaired) electrons. The zero-order valence-electron chi connectivity index (χ0n) is 9.58. The molecule has 0 saturated heterocycles. The van der Waals surface area contributed by atoms with E-state index in [-0.39, 0.29) is 4.90 Å². The van der Waals surface area contributed by atoms with Gasteiger partial charge in [0.05, 0.1) is 4.90 Å². The molecule has 2 N–H and O–H groups in total. The van der Waals surface area contributed by atoms with Gasteiger partial charge in [0, 0.05) is 14.1 Å². The Morgan fingerprint density at radius 2 is 1.61 bits per heavy atom. The van der Waals surface area contributed by atoms with Gasteiger partial charge in [0.1, 0.15) is 5.82 Å². The Labute approximate surface area is 105 Å². The number of sulfonamides is 1. The minimum atomic E-state index is -4.06. The van der Waals surface area contributed by atoms with Crippen molar-refractivity contribution in [3.05, 3.63) is 30.1 Å². The van der Waals surface area contributed by atoms with Gasteiger partial charge in [0.15, 0.2) is 0 Å². The van der Waals surface area contributed by atoms with Crippen LogP contribution in [0.25, 0.3) is 0 Å². The van der Waals surface area contributed by atoms with Crippen LogP contribution in [0.15, 0.2) is 29.2 Å². The molecule has 0 heterocycles. The molecule has 0 amide bonds. The molecular weight excluding hydrogens is 285 g/mol. The first-order valence-electron chi connectivity index (χ1n) is 4.64. The maximum absolute atomic E-state index is 12.7. The fraction of sp³-hybridized carbons (Fsp3) is 0.250. The van der Waals surface area contributed by atoms with E-state index in [0.717, 1.165) is 38.4 Å². The number of hydrogen-bond acceptors (Lipinski definition) is 4. The van der Waals surface area contributed by atoms with Crippen LogP contribution in [0.2, 0.25) is 0 Å². The Bertz CT molecular complexity index is 612. The Balaban J connectivity index is 3.04. The van der Waals surface area contributed by atoms with Gasteiger partial charge in [-0.3, -0.25) is 0 Å². The number of nitrogens with zero attached hydrogens (tertiary/aromatic N) is 1. The van der Waals surface area contributed by atoms with Crippen molar-refractivity contribution in [3.63, 3.8) is 0 Å². The van der Waals surface area contributed by atoms with Crippen LogP contribution in [0.3, 0.4) is 0 Å². The van der Waals surface area contributed by atoms with Crippen LogP contribution in [0.1, 0.15) is 0 Å². The number of nitrogens with one attached hydrogen (secondary N) is 2. The molecule has 0 bridgehead atoms. The van der Waals surface area contributed by atoms with Crippen LogP contribution in [-0.2, 0) is 20.2 Å². The van der Waals surface area contributed by atoms with Crippen LogP contribution >= 0.6 is 0 Å². The molecule has 10 heteroatoms. The van der Waals surface area contributed by atoms with Gasteiger partial charge >= 0.3 is 0 Å². The minimum Gasteiger partial charge on any atom is -0.207 e. The van der Waals surface area contributed by atoms with Gasteiger partial charge < -0.3 is 0 Å². The monoisotopic (exact) mass is 297 g/mol. The molecule has 102 valence electrons. The number of benzene rings is 1. The van der Waals surface area contributed by atoms with Gasteiger partial charge in [-0.15, -0.1) is 9.25 Å². The summed E-state index contributed by atoms with van der Waals surface area (Å²) in [7, 11) is -5.86. The molecule has 0 aliphatic rings. The average Bonchev–Trinajstić information content (AvgIpc) is 2.29. The second-order valence-electron chi connectivity index (χ2n) is 3.23. The predicted molar refractivity (Wildman–Crippen MR) is 62.5 cm³/mol. The summed E-state index contributed by atoms with van der Waals surface area (Å²) in [5.74, 6) is -0.590. The molecule has 0 atom stereocenters. The van der Waals surface area contributed by atoms with Crippen molar-refractivity contribution in [1.29, 1.82) is 0 Å². The lowest BCUT2D eigenvalue weighted by atomic mass is 10.4. The fourth-order valence-corrected chi connectivity index (χ4v) is 2.94. The van der Waals surface area contributed by atoms with Gasteiger partial charge in [0.25, 0.3) is 20.2 Å². The Hall–Kier alpha value is -1.07. The van der Waals surface area contributed by atoms with E-state index in [1.165, 1.54) is 0 Å². The van der Waals surface area contributed by atoms with Crippen LogP contribution in [0, 0.1) is 5.82 Å². The molecule has 0 spiro atoms. The fourth-order valence-electron chi connectivity index (χ4n) is 1.03. The zero-order valence-corrected chi connectivity index (χ0v) is 11.2. The highest BCUT2D eigenvalue weighted by atomic mass is 32.2. The lowest BCUT2D eigenvalue weighted by molar-refractivity contribution is 0.429. The molecule has 0 unspecified atom stereocenters. The summed E-state index contributed by atoms with van der Waals surface area (Å²) in [6.07, 6.45) is 0. The van der Waals surface area contributed by atoms with E-state index in [1.807, 2.05) is 4.72 Å². The zero-order chi connectivity index (χ0) is 14.0. The SMILES string of the molecule is CNS(=O)(=O)NN(C)S(=O)(=O)c1ccc(F)cc1. The highest BCUT2D eigenvalue weighted by Crippen LogP contribution is 2.13. The molecule has 0 aromatic heterocycles. The summed E-state index contributed by atoms with van der Waals surface area (Å²) in [5.41, 5.74) is 0. The lowest BCUT2D eigenvalue weighted by Crippen LogP contribution is -2.47. The second-order valence-corrected chi connectivity index (χ2v) is 6.79. The van der Waals surface area contributed by atoms with Gasteiger partial charge in [-0.25, -0.2) is 17.5 Å². The van der Waals surface area contributed by atoms with Crippen molar-refractivity contribution in [2.45, 2.75) is 4.90 Å². The quantitative estimate of drug-likeness (QED) is 0.710. The third-order valence-electron chi connectivity index (χ3n) is 1.99. The van der Waals surface area contributed by atoms with E-state index in [9.17, 15) is 21.2 Å². The normalized spacial score (nSPS) is 12.9. The average molecular weight is 297 g/mol. The molecule has 0 fully saturated rings. The number of hydrazine groups is 1. The second kappa shape index (κ2) is 5.28. The number of rotatable bonds is 5. The summed E-state index contributed by atoms with van der Waals surface area (Å²) < 4.78 is 61.1. The Kier molecular flexibility index (Phi) is 4.40. The maximum Gasteiger partial charge on any atom is 0.290 e. The van der Waals surface area contributed by atoms with Crippen LogP contribution in [0.4, 0.5) is 4.39 Å². The number of halogens is 1. The topological polar surface area (TPSA) is 95.6 Å². The van der Waals surface area contributed by atoms with E-state index < -0.39 is 26.0 Å².